The quantitative estimate of drug-likeness (QED) is 0.769. The Balaban J connectivity index is 2.82. The van der Waals surface area contributed by atoms with Crippen LogP contribution in [0, 0.1) is 0 Å². The Morgan fingerprint density at radius 2 is 1.79 bits per heavy atom. The van der Waals surface area contributed by atoms with Crippen LogP contribution in [0.5, 0.6) is 0 Å². The van der Waals surface area contributed by atoms with E-state index in [1.165, 1.54) is 10.5 Å². The highest BCUT2D eigenvalue weighted by molar-refractivity contribution is 7.99. The third-order valence-electron chi connectivity index (χ3n) is 2.56. The Labute approximate surface area is 91.1 Å². The lowest BCUT2D eigenvalue weighted by molar-refractivity contribution is 0.476. The zero-order chi connectivity index (χ0) is 10.6. The zero-order valence-electron chi connectivity index (χ0n) is 9.21. The van der Waals surface area contributed by atoms with E-state index in [4.69, 9.17) is 5.73 Å². The minimum Gasteiger partial charge on any atom is -0.322 e. The Bertz CT molecular complexity index is 277. The van der Waals surface area contributed by atoms with Gasteiger partial charge in [0.25, 0.3) is 0 Å². The first-order valence-corrected chi connectivity index (χ1v) is 6.11. The first-order valence-electron chi connectivity index (χ1n) is 5.12. The predicted octanol–water partition coefficient (Wildman–Crippen LogP) is 3.38. The summed E-state index contributed by atoms with van der Waals surface area (Å²) in [5.74, 6) is 1.12. The molecule has 0 radical (unpaired) electrons. The SMILES string of the molecule is CCSc1ccc(C(C)(N)CC)cc1. The van der Waals surface area contributed by atoms with Crippen LogP contribution < -0.4 is 5.73 Å². The fourth-order valence-electron chi connectivity index (χ4n) is 1.30. The van der Waals surface area contributed by atoms with Gasteiger partial charge >= 0.3 is 0 Å². The third kappa shape index (κ3) is 2.76. The van der Waals surface area contributed by atoms with Gasteiger partial charge in [-0.1, -0.05) is 26.0 Å². The zero-order valence-corrected chi connectivity index (χ0v) is 10.0. The minimum absolute atomic E-state index is 0.185. The molecular weight excluding hydrogens is 190 g/mol. The van der Waals surface area contributed by atoms with Gasteiger partial charge in [-0.25, -0.2) is 0 Å². The highest BCUT2D eigenvalue weighted by atomic mass is 32.2. The number of nitrogens with two attached hydrogens (primary N) is 1. The lowest BCUT2D eigenvalue weighted by Gasteiger charge is -2.23. The summed E-state index contributed by atoms with van der Waals surface area (Å²) in [5.41, 5.74) is 7.19. The van der Waals surface area contributed by atoms with E-state index >= 15 is 0 Å². The van der Waals surface area contributed by atoms with E-state index in [9.17, 15) is 0 Å². The summed E-state index contributed by atoms with van der Waals surface area (Å²) in [5, 5.41) is 0. The number of rotatable bonds is 4. The van der Waals surface area contributed by atoms with E-state index in [1.54, 1.807) is 0 Å². The van der Waals surface area contributed by atoms with Gasteiger partial charge in [-0.2, -0.15) is 0 Å². The van der Waals surface area contributed by atoms with E-state index in [0.717, 1.165) is 12.2 Å². The topological polar surface area (TPSA) is 26.0 Å². The summed E-state index contributed by atoms with van der Waals surface area (Å²) in [6.45, 7) is 6.36. The molecule has 0 fully saturated rings. The molecule has 0 aliphatic heterocycles. The van der Waals surface area contributed by atoms with Crippen molar-refractivity contribution in [1.82, 2.24) is 0 Å². The Hall–Kier alpha value is -0.470. The summed E-state index contributed by atoms with van der Waals surface area (Å²) in [6.07, 6.45) is 0.966. The monoisotopic (exact) mass is 209 g/mol. The van der Waals surface area contributed by atoms with Crippen LogP contribution in [0.2, 0.25) is 0 Å². The van der Waals surface area contributed by atoms with Crippen molar-refractivity contribution >= 4 is 11.8 Å². The summed E-state index contributed by atoms with van der Waals surface area (Å²) in [4.78, 5) is 1.32. The van der Waals surface area contributed by atoms with Crippen LogP contribution in [-0.4, -0.2) is 5.75 Å². The first-order chi connectivity index (χ1) is 6.60. The molecule has 1 unspecified atom stereocenters. The molecule has 0 aliphatic rings. The second kappa shape index (κ2) is 4.85. The lowest BCUT2D eigenvalue weighted by Crippen LogP contribution is -2.31. The van der Waals surface area contributed by atoms with Crippen LogP contribution in [0.3, 0.4) is 0 Å². The van der Waals surface area contributed by atoms with Gasteiger partial charge in [0, 0.05) is 10.4 Å². The highest BCUT2D eigenvalue weighted by Crippen LogP contribution is 2.24. The van der Waals surface area contributed by atoms with Gasteiger partial charge in [0.2, 0.25) is 0 Å². The Morgan fingerprint density at radius 3 is 2.21 bits per heavy atom. The fraction of sp³-hybridized carbons (Fsp3) is 0.500. The molecule has 0 bridgehead atoms. The van der Waals surface area contributed by atoms with Gasteiger partial charge < -0.3 is 5.73 Å². The van der Waals surface area contributed by atoms with E-state index < -0.39 is 0 Å². The molecule has 0 saturated carbocycles. The summed E-state index contributed by atoms with van der Waals surface area (Å²) < 4.78 is 0. The minimum atomic E-state index is -0.185. The van der Waals surface area contributed by atoms with Gasteiger partial charge in [0.05, 0.1) is 0 Å². The average Bonchev–Trinajstić information content (AvgIpc) is 2.19. The third-order valence-corrected chi connectivity index (χ3v) is 3.45. The largest absolute Gasteiger partial charge is 0.322 e. The van der Waals surface area contributed by atoms with Crippen LogP contribution in [0.1, 0.15) is 32.8 Å². The molecular formula is C12H19NS. The van der Waals surface area contributed by atoms with Crippen LogP contribution >= 0.6 is 11.8 Å². The molecule has 1 nitrogen and oxygen atoms in total. The van der Waals surface area contributed by atoms with Gasteiger partial charge in [-0.3, -0.25) is 0 Å². The Kier molecular flexibility index (Phi) is 4.02. The van der Waals surface area contributed by atoms with Crippen LogP contribution in [0.25, 0.3) is 0 Å². The average molecular weight is 209 g/mol. The van der Waals surface area contributed by atoms with Crippen molar-refractivity contribution in [2.45, 2.75) is 37.6 Å². The smallest absolute Gasteiger partial charge is 0.0378 e. The summed E-state index contributed by atoms with van der Waals surface area (Å²) in [6, 6.07) is 8.59. The van der Waals surface area contributed by atoms with Crippen molar-refractivity contribution in [3.05, 3.63) is 29.8 Å². The molecule has 1 atom stereocenters. The number of hydrogen-bond acceptors (Lipinski definition) is 2. The maximum Gasteiger partial charge on any atom is 0.0378 e. The molecule has 78 valence electrons. The highest BCUT2D eigenvalue weighted by Gasteiger charge is 2.17. The number of thioether (sulfide) groups is 1. The summed E-state index contributed by atoms with van der Waals surface area (Å²) >= 11 is 1.86. The molecule has 0 saturated heterocycles. The van der Waals surface area contributed by atoms with Crippen molar-refractivity contribution in [2.24, 2.45) is 5.73 Å². The fourth-order valence-corrected chi connectivity index (χ4v) is 1.96. The van der Waals surface area contributed by atoms with Gasteiger partial charge in [-0.15, -0.1) is 11.8 Å². The second-order valence-electron chi connectivity index (χ2n) is 3.73. The molecule has 2 N–H and O–H groups in total. The number of benzene rings is 1. The van der Waals surface area contributed by atoms with E-state index in [0.29, 0.717) is 0 Å². The molecule has 0 aliphatic carbocycles. The van der Waals surface area contributed by atoms with E-state index in [2.05, 4.69) is 45.0 Å². The van der Waals surface area contributed by atoms with Crippen LogP contribution in [-0.2, 0) is 5.54 Å². The van der Waals surface area contributed by atoms with E-state index in [1.807, 2.05) is 11.8 Å². The second-order valence-corrected chi connectivity index (χ2v) is 5.07. The normalized spacial score (nSPS) is 15.1. The molecule has 1 aromatic carbocycles. The van der Waals surface area contributed by atoms with Crippen molar-refractivity contribution in [3.8, 4) is 0 Å². The molecule has 0 heterocycles. The van der Waals surface area contributed by atoms with Crippen molar-refractivity contribution in [1.29, 1.82) is 0 Å². The standard InChI is InChI=1S/C12H19NS/c1-4-12(3,13)10-6-8-11(9-7-10)14-5-2/h6-9H,4-5,13H2,1-3H3. The molecule has 2 heteroatoms. The maximum atomic E-state index is 6.15. The predicted molar refractivity (Wildman–Crippen MR) is 64.7 cm³/mol. The number of hydrogen-bond donors (Lipinski definition) is 1. The molecule has 0 spiro atoms. The Morgan fingerprint density at radius 1 is 1.21 bits per heavy atom. The van der Waals surface area contributed by atoms with Crippen LogP contribution in [0.15, 0.2) is 29.2 Å². The summed E-state index contributed by atoms with van der Waals surface area (Å²) in [7, 11) is 0. The molecule has 1 rings (SSSR count). The van der Waals surface area contributed by atoms with Crippen LogP contribution in [0.4, 0.5) is 0 Å². The molecule has 14 heavy (non-hydrogen) atoms. The van der Waals surface area contributed by atoms with Gasteiger partial charge in [0.1, 0.15) is 0 Å². The molecule has 0 amide bonds. The maximum absolute atomic E-state index is 6.15. The molecule has 0 aromatic heterocycles. The van der Waals surface area contributed by atoms with E-state index in [-0.39, 0.29) is 5.54 Å². The first kappa shape index (κ1) is 11.6. The lowest BCUT2D eigenvalue weighted by atomic mass is 9.91. The van der Waals surface area contributed by atoms with Gasteiger partial charge in [0.15, 0.2) is 0 Å². The van der Waals surface area contributed by atoms with Gasteiger partial charge in [-0.05, 0) is 36.8 Å². The van der Waals surface area contributed by atoms with Crippen molar-refractivity contribution in [3.63, 3.8) is 0 Å². The molecule has 1 aromatic rings. The van der Waals surface area contributed by atoms with Crippen molar-refractivity contribution in [2.75, 3.05) is 5.75 Å². The van der Waals surface area contributed by atoms with Crippen molar-refractivity contribution < 1.29 is 0 Å².